The molecule has 0 saturated carbocycles. The van der Waals surface area contributed by atoms with E-state index in [0.29, 0.717) is 45.2 Å². The number of ether oxygens (including phenoxy) is 2. The lowest BCUT2D eigenvalue weighted by Crippen LogP contribution is -2.51. The zero-order valence-electron chi connectivity index (χ0n) is 17.0. The van der Waals surface area contributed by atoms with Crippen molar-refractivity contribution in [2.75, 3.05) is 49.2 Å². The quantitative estimate of drug-likeness (QED) is 0.768. The van der Waals surface area contributed by atoms with E-state index in [9.17, 15) is 13.2 Å². The van der Waals surface area contributed by atoms with E-state index < -0.39 is 23.1 Å². The van der Waals surface area contributed by atoms with E-state index in [-0.39, 0.29) is 5.95 Å². The third-order valence-electron chi connectivity index (χ3n) is 5.77. The van der Waals surface area contributed by atoms with Crippen LogP contribution in [-0.4, -0.2) is 60.6 Å². The summed E-state index contributed by atoms with van der Waals surface area (Å²) in [6.45, 7) is 10.7. The predicted octanol–water partition coefficient (Wildman–Crippen LogP) is 3.51. The second kappa shape index (κ2) is 7.67. The first-order chi connectivity index (χ1) is 13.1. The number of morpholine rings is 2. The van der Waals surface area contributed by atoms with Crippen LogP contribution in [0.15, 0.2) is 6.07 Å². The highest BCUT2D eigenvalue weighted by atomic mass is 19.4. The number of halogens is 3. The van der Waals surface area contributed by atoms with E-state index in [2.05, 4.69) is 9.97 Å². The van der Waals surface area contributed by atoms with Crippen LogP contribution in [0.1, 0.15) is 46.2 Å². The Hall–Kier alpha value is -1.61. The van der Waals surface area contributed by atoms with Crippen LogP contribution in [0.5, 0.6) is 0 Å². The molecule has 2 aliphatic heterocycles. The molecule has 0 radical (unpaired) electrons. The Labute approximate surface area is 164 Å². The molecule has 1 aromatic heterocycles. The summed E-state index contributed by atoms with van der Waals surface area (Å²) in [5, 5.41) is 0. The van der Waals surface area contributed by atoms with Crippen LogP contribution in [0.2, 0.25) is 0 Å². The van der Waals surface area contributed by atoms with Crippen molar-refractivity contribution >= 4 is 11.8 Å². The highest BCUT2D eigenvalue weighted by Crippen LogP contribution is 2.34. The zero-order valence-corrected chi connectivity index (χ0v) is 17.0. The summed E-state index contributed by atoms with van der Waals surface area (Å²) in [7, 11) is 0. The molecule has 0 amide bonds. The Bertz CT molecular complexity index is 654. The van der Waals surface area contributed by atoms with Crippen LogP contribution in [0.3, 0.4) is 0 Å². The third-order valence-corrected chi connectivity index (χ3v) is 5.77. The van der Waals surface area contributed by atoms with Crippen LogP contribution in [0, 0.1) is 0 Å². The molecule has 158 valence electrons. The number of anilines is 2. The average molecular weight is 402 g/mol. The van der Waals surface area contributed by atoms with Crippen molar-refractivity contribution < 1.29 is 22.6 Å². The van der Waals surface area contributed by atoms with E-state index in [1.807, 2.05) is 32.6 Å². The van der Waals surface area contributed by atoms with Gasteiger partial charge in [-0.05, 0) is 26.7 Å². The fraction of sp³-hybridized carbons (Fsp3) is 0.789. The van der Waals surface area contributed by atoms with Gasteiger partial charge in [0.2, 0.25) is 5.95 Å². The van der Waals surface area contributed by atoms with Gasteiger partial charge in [0.05, 0.1) is 24.4 Å². The SMILES string of the molecule is CCC1(C)CN(c2cc(C(F)(F)F)nc(N3CCOC(C)(CC)C3)n2)CCO1. The van der Waals surface area contributed by atoms with Crippen LogP contribution >= 0.6 is 0 Å². The van der Waals surface area contributed by atoms with Gasteiger partial charge in [-0.2, -0.15) is 18.2 Å². The Morgan fingerprint density at radius 1 is 0.964 bits per heavy atom. The standard InChI is InChI=1S/C19H29F3N4O2/c1-5-17(3)12-25(7-9-27-17)15-11-14(19(20,21)22)23-16(24-15)26-8-10-28-18(4,6-2)13-26/h11H,5-10,12-13H2,1-4H3. The maximum atomic E-state index is 13.5. The molecule has 0 spiro atoms. The van der Waals surface area contributed by atoms with Gasteiger partial charge in [-0.1, -0.05) is 13.8 Å². The van der Waals surface area contributed by atoms with Gasteiger partial charge in [-0.25, -0.2) is 4.98 Å². The van der Waals surface area contributed by atoms with E-state index in [1.165, 1.54) is 0 Å². The summed E-state index contributed by atoms with van der Waals surface area (Å²) in [5.74, 6) is 0.405. The first kappa shape index (κ1) is 21.1. The number of hydrogen-bond donors (Lipinski definition) is 0. The van der Waals surface area contributed by atoms with Crippen LogP contribution in [0.25, 0.3) is 0 Å². The van der Waals surface area contributed by atoms with E-state index in [1.54, 1.807) is 4.90 Å². The fourth-order valence-corrected chi connectivity index (χ4v) is 3.53. The molecule has 3 heterocycles. The second-order valence-corrected chi connectivity index (χ2v) is 8.06. The largest absolute Gasteiger partial charge is 0.433 e. The number of alkyl halides is 3. The van der Waals surface area contributed by atoms with Gasteiger partial charge < -0.3 is 19.3 Å². The van der Waals surface area contributed by atoms with Gasteiger partial charge in [-0.15, -0.1) is 0 Å². The van der Waals surface area contributed by atoms with Crippen molar-refractivity contribution in [3.8, 4) is 0 Å². The lowest BCUT2D eigenvalue weighted by Gasteiger charge is -2.42. The van der Waals surface area contributed by atoms with E-state index in [4.69, 9.17) is 9.47 Å². The van der Waals surface area contributed by atoms with Crippen LogP contribution < -0.4 is 9.80 Å². The maximum Gasteiger partial charge on any atom is 0.433 e. The molecule has 9 heteroatoms. The highest BCUT2D eigenvalue weighted by molar-refractivity contribution is 5.48. The molecule has 2 saturated heterocycles. The number of rotatable bonds is 4. The first-order valence-electron chi connectivity index (χ1n) is 9.81. The molecular weight excluding hydrogens is 373 g/mol. The molecule has 3 rings (SSSR count). The Morgan fingerprint density at radius 3 is 2.04 bits per heavy atom. The third kappa shape index (κ3) is 4.51. The molecule has 0 bridgehead atoms. The normalized spacial score (nSPS) is 29.2. The smallest absolute Gasteiger partial charge is 0.372 e. The molecule has 0 aliphatic carbocycles. The lowest BCUT2D eigenvalue weighted by molar-refractivity contribution is -0.141. The number of nitrogens with zero attached hydrogens (tertiary/aromatic N) is 4. The fourth-order valence-electron chi connectivity index (χ4n) is 3.53. The van der Waals surface area contributed by atoms with Gasteiger partial charge in [0.15, 0.2) is 5.69 Å². The maximum absolute atomic E-state index is 13.5. The monoisotopic (exact) mass is 402 g/mol. The highest BCUT2D eigenvalue weighted by Gasteiger charge is 2.38. The number of aromatic nitrogens is 2. The summed E-state index contributed by atoms with van der Waals surface area (Å²) < 4.78 is 52.2. The minimum absolute atomic E-state index is 0.109. The van der Waals surface area contributed by atoms with Gasteiger partial charge in [0.1, 0.15) is 5.82 Å². The molecule has 0 N–H and O–H groups in total. The summed E-state index contributed by atoms with van der Waals surface area (Å²) in [4.78, 5) is 12.0. The molecule has 2 atom stereocenters. The van der Waals surface area contributed by atoms with Gasteiger partial charge >= 0.3 is 6.18 Å². The van der Waals surface area contributed by atoms with Crippen molar-refractivity contribution in [1.82, 2.24) is 9.97 Å². The Kier molecular flexibility index (Phi) is 5.78. The molecule has 6 nitrogen and oxygen atoms in total. The van der Waals surface area contributed by atoms with Crippen LogP contribution in [-0.2, 0) is 15.7 Å². The minimum Gasteiger partial charge on any atom is -0.372 e. The summed E-state index contributed by atoms with van der Waals surface area (Å²) in [6.07, 6.45) is -3.01. The van der Waals surface area contributed by atoms with E-state index in [0.717, 1.165) is 18.9 Å². The van der Waals surface area contributed by atoms with Crippen molar-refractivity contribution in [3.05, 3.63) is 11.8 Å². The Morgan fingerprint density at radius 2 is 1.50 bits per heavy atom. The van der Waals surface area contributed by atoms with Crippen molar-refractivity contribution in [3.63, 3.8) is 0 Å². The van der Waals surface area contributed by atoms with Crippen molar-refractivity contribution in [2.45, 2.75) is 57.9 Å². The lowest BCUT2D eigenvalue weighted by atomic mass is 10.0. The zero-order chi connectivity index (χ0) is 20.6. The molecule has 1 aromatic rings. The van der Waals surface area contributed by atoms with E-state index >= 15 is 0 Å². The molecule has 0 aromatic carbocycles. The van der Waals surface area contributed by atoms with Gasteiger partial charge in [0, 0.05) is 32.2 Å². The molecule has 28 heavy (non-hydrogen) atoms. The van der Waals surface area contributed by atoms with Gasteiger partial charge in [0.25, 0.3) is 0 Å². The predicted molar refractivity (Wildman–Crippen MR) is 101 cm³/mol. The molecule has 2 unspecified atom stereocenters. The van der Waals surface area contributed by atoms with Crippen molar-refractivity contribution in [1.29, 1.82) is 0 Å². The molecule has 2 aliphatic rings. The Balaban J connectivity index is 1.96. The summed E-state index contributed by atoms with van der Waals surface area (Å²) in [6, 6.07) is 1.05. The average Bonchev–Trinajstić information content (AvgIpc) is 2.67. The number of hydrogen-bond acceptors (Lipinski definition) is 6. The van der Waals surface area contributed by atoms with Crippen LogP contribution in [0.4, 0.5) is 24.9 Å². The first-order valence-corrected chi connectivity index (χ1v) is 9.81. The topological polar surface area (TPSA) is 50.7 Å². The molecule has 2 fully saturated rings. The van der Waals surface area contributed by atoms with Crippen molar-refractivity contribution in [2.24, 2.45) is 0 Å². The second-order valence-electron chi connectivity index (χ2n) is 8.06. The summed E-state index contributed by atoms with van der Waals surface area (Å²) in [5.41, 5.74) is -1.74. The molecular formula is C19H29F3N4O2. The minimum atomic E-state index is -4.53. The summed E-state index contributed by atoms with van der Waals surface area (Å²) >= 11 is 0. The van der Waals surface area contributed by atoms with Gasteiger partial charge in [-0.3, -0.25) is 0 Å².